The van der Waals surface area contributed by atoms with Gasteiger partial charge in [-0.05, 0) is 35.6 Å². The maximum Gasteiger partial charge on any atom is 0.495 e. The molecular weight excluding hydrogens is 309 g/mol. The van der Waals surface area contributed by atoms with Crippen molar-refractivity contribution < 1.29 is 12.9 Å². The first-order valence-electron chi connectivity index (χ1n) is 8.20. The summed E-state index contributed by atoms with van der Waals surface area (Å²) in [5, 5.41) is 0. The topological polar surface area (TPSA) is 3.24 Å². The van der Waals surface area contributed by atoms with Crippen molar-refractivity contribution in [2.45, 2.75) is 19.8 Å². The van der Waals surface area contributed by atoms with Crippen molar-refractivity contribution in [3.63, 3.8) is 0 Å². The summed E-state index contributed by atoms with van der Waals surface area (Å²) in [6.45, 7) is -1.16. The summed E-state index contributed by atoms with van der Waals surface area (Å²) in [6, 6.07) is 15.1. The van der Waals surface area contributed by atoms with Gasteiger partial charge in [-0.15, -0.1) is 0 Å². The summed E-state index contributed by atoms with van der Waals surface area (Å²) < 4.78 is 39.7. The second kappa shape index (κ2) is 6.42. The van der Waals surface area contributed by atoms with E-state index in [-0.39, 0.29) is 0 Å². The lowest BCUT2D eigenvalue weighted by Gasteiger charge is -2.38. The van der Waals surface area contributed by atoms with Gasteiger partial charge in [0.25, 0.3) is 0 Å². The average Bonchev–Trinajstić information content (AvgIpc) is 2.54. The van der Waals surface area contributed by atoms with Gasteiger partial charge in [0.2, 0.25) is 0 Å². The van der Waals surface area contributed by atoms with Gasteiger partial charge in [0.1, 0.15) is 0 Å². The highest BCUT2D eigenvalue weighted by atomic mass is 19.4. The lowest BCUT2D eigenvalue weighted by molar-refractivity contribution is 0.472. The van der Waals surface area contributed by atoms with Crippen LogP contribution in [0.1, 0.15) is 30.9 Å². The van der Waals surface area contributed by atoms with Gasteiger partial charge in [-0.3, -0.25) is 0 Å². The molecular formula is C18H19B2F3N-. The molecule has 1 heterocycles. The molecule has 3 rings (SSSR count). The summed E-state index contributed by atoms with van der Waals surface area (Å²) in [4.78, 5) is 1.47. The molecule has 1 aliphatic heterocycles. The molecule has 0 atom stereocenters. The third-order valence-corrected chi connectivity index (χ3v) is 4.37. The summed E-state index contributed by atoms with van der Waals surface area (Å²) in [5.74, 6) is 2.21. The number of rotatable bonds is 4. The molecule has 0 unspecified atom stereocenters. The lowest BCUT2D eigenvalue weighted by atomic mass is 9.51. The molecule has 6 heteroatoms. The largest absolute Gasteiger partial charge is 0.495 e. The maximum atomic E-state index is 13.2. The Morgan fingerprint density at radius 2 is 1.75 bits per heavy atom. The van der Waals surface area contributed by atoms with E-state index >= 15 is 0 Å². The van der Waals surface area contributed by atoms with E-state index in [0.29, 0.717) is 11.6 Å². The van der Waals surface area contributed by atoms with Crippen LogP contribution < -0.4 is 10.3 Å². The van der Waals surface area contributed by atoms with Crippen LogP contribution in [0.3, 0.4) is 0 Å². The van der Waals surface area contributed by atoms with Crippen LogP contribution in [0.15, 0.2) is 54.5 Å². The van der Waals surface area contributed by atoms with Crippen LogP contribution in [0.5, 0.6) is 0 Å². The first kappa shape index (κ1) is 16.7. The Kier molecular flexibility index (Phi) is 4.48. The Morgan fingerprint density at radius 3 is 2.38 bits per heavy atom. The second-order valence-electron chi connectivity index (χ2n) is 6.55. The Labute approximate surface area is 141 Å². The quantitative estimate of drug-likeness (QED) is 0.749. The van der Waals surface area contributed by atoms with E-state index in [1.165, 1.54) is 4.81 Å². The molecule has 124 valence electrons. The minimum atomic E-state index is -4.92. The SMILES string of the molecule is CC(C)c1ccc2c(c1)C=CB(c1ccccc1)N2C[B-](F)(F)F. The normalized spacial score (nSPS) is 14.2. The predicted octanol–water partition coefficient (Wildman–Crippen LogP) is 4.47. The maximum absolute atomic E-state index is 13.2. The fourth-order valence-electron chi connectivity index (χ4n) is 3.15. The van der Waals surface area contributed by atoms with E-state index < -0.39 is 20.3 Å². The van der Waals surface area contributed by atoms with E-state index in [0.717, 1.165) is 16.6 Å². The molecule has 2 aromatic rings. The highest BCUT2D eigenvalue weighted by Gasteiger charge is 2.34. The molecule has 1 nitrogen and oxygen atoms in total. The van der Waals surface area contributed by atoms with Gasteiger partial charge in [-0.2, -0.15) is 0 Å². The number of halogens is 3. The molecule has 1 aliphatic rings. The zero-order valence-corrected chi connectivity index (χ0v) is 13.8. The average molecular weight is 328 g/mol. The van der Waals surface area contributed by atoms with E-state index in [2.05, 4.69) is 13.8 Å². The zero-order chi connectivity index (χ0) is 17.3. The van der Waals surface area contributed by atoms with Gasteiger partial charge in [-0.25, -0.2) is 0 Å². The van der Waals surface area contributed by atoms with Crippen molar-refractivity contribution in [2.24, 2.45) is 0 Å². The van der Waals surface area contributed by atoms with Gasteiger partial charge >= 0.3 is 13.8 Å². The smallest absolute Gasteiger partial charge is 0.448 e. The molecule has 0 amide bonds. The van der Waals surface area contributed by atoms with Crippen molar-refractivity contribution >= 4 is 31.1 Å². The molecule has 0 spiro atoms. The van der Waals surface area contributed by atoms with Crippen molar-refractivity contribution in [1.82, 2.24) is 0 Å². The van der Waals surface area contributed by atoms with Crippen LogP contribution in [-0.4, -0.2) is 20.3 Å². The molecule has 0 fully saturated rings. The first-order chi connectivity index (χ1) is 11.3. The van der Waals surface area contributed by atoms with Gasteiger partial charge in [-0.1, -0.05) is 67.8 Å². The summed E-state index contributed by atoms with van der Waals surface area (Å²) in [6.07, 6.45) is 1.04. The van der Waals surface area contributed by atoms with E-state index in [1.807, 2.05) is 60.6 Å². The molecule has 0 saturated carbocycles. The standard InChI is InChI=1S/C18H19B2F3N/c1-14(2)15-8-9-18-16(12-15)10-11-19(17-6-4-3-5-7-17)24(18)13-20(21,22)23/h3-12,14H,13H2,1-2H3/q-1. The van der Waals surface area contributed by atoms with Crippen LogP contribution in [0.4, 0.5) is 18.6 Å². The van der Waals surface area contributed by atoms with Gasteiger partial charge < -0.3 is 17.8 Å². The number of benzene rings is 2. The summed E-state index contributed by atoms with van der Waals surface area (Å²) in [5.41, 5.74) is 3.50. The molecule has 0 N–H and O–H groups in total. The van der Waals surface area contributed by atoms with Crippen molar-refractivity contribution in [2.75, 3.05) is 11.3 Å². The lowest BCUT2D eigenvalue weighted by Crippen LogP contribution is -2.53. The molecule has 0 aliphatic carbocycles. The Morgan fingerprint density at radius 1 is 1.04 bits per heavy atom. The van der Waals surface area contributed by atoms with E-state index in [9.17, 15) is 12.9 Å². The Balaban J connectivity index is 2.05. The van der Waals surface area contributed by atoms with Gasteiger partial charge in [0.05, 0.1) is 0 Å². The van der Waals surface area contributed by atoms with Crippen LogP contribution >= 0.6 is 0 Å². The minimum absolute atomic E-state index is 0.343. The van der Waals surface area contributed by atoms with Crippen molar-refractivity contribution in [1.29, 1.82) is 0 Å². The fraction of sp³-hybridized carbons (Fsp3) is 0.222. The second-order valence-corrected chi connectivity index (χ2v) is 6.55. The van der Waals surface area contributed by atoms with Crippen LogP contribution in [0, 0.1) is 0 Å². The molecule has 0 aromatic heterocycles. The molecule has 0 saturated heterocycles. The number of anilines is 1. The summed E-state index contributed by atoms with van der Waals surface area (Å²) >= 11 is 0. The third kappa shape index (κ3) is 3.53. The van der Waals surface area contributed by atoms with Crippen LogP contribution in [0.2, 0.25) is 0 Å². The monoisotopic (exact) mass is 328 g/mol. The number of fused-ring (bicyclic) bond motifs is 1. The van der Waals surface area contributed by atoms with Crippen molar-refractivity contribution in [3.8, 4) is 0 Å². The number of nitrogens with zero attached hydrogens (tertiary/aromatic N) is 1. The molecule has 0 bridgehead atoms. The third-order valence-electron chi connectivity index (χ3n) is 4.37. The number of hydrogen-bond acceptors (Lipinski definition) is 1. The fourth-order valence-corrected chi connectivity index (χ4v) is 3.15. The molecule has 0 radical (unpaired) electrons. The molecule has 24 heavy (non-hydrogen) atoms. The van der Waals surface area contributed by atoms with Crippen LogP contribution in [0.25, 0.3) is 6.08 Å². The van der Waals surface area contributed by atoms with Crippen LogP contribution in [-0.2, 0) is 0 Å². The molecule has 2 aromatic carbocycles. The number of hydrogen-bond donors (Lipinski definition) is 0. The predicted molar refractivity (Wildman–Crippen MR) is 97.8 cm³/mol. The zero-order valence-electron chi connectivity index (χ0n) is 13.8. The van der Waals surface area contributed by atoms with Gasteiger partial charge in [0, 0.05) is 5.69 Å². The minimum Gasteiger partial charge on any atom is -0.448 e. The highest BCUT2D eigenvalue weighted by molar-refractivity contribution is 6.83. The Bertz CT molecular complexity index is 742. The first-order valence-corrected chi connectivity index (χ1v) is 8.20. The van der Waals surface area contributed by atoms with E-state index in [1.54, 1.807) is 0 Å². The van der Waals surface area contributed by atoms with E-state index in [4.69, 9.17) is 0 Å². The van der Waals surface area contributed by atoms with Crippen molar-refractivity contribution in [3.05, 3.63) is 65.6 Å². The van der Waals surface area contributed by atoms with Gasteiger partial charge in [0.15, 0.2) is 0 Å². The Hall–Kier alpha value is -2.10. The highest BCUT2D eigenvalue weighted by Crippen LogP contribution is 2.32. The summed E-state index contributed by atoms with van der Waals surface area (Å²) in [7, 11) is 0.